The summed E-state index contributed by atoms with van der Waals surface area (Å²) in [7, 11) is 0. The Bertz CT molecular complexity index is 369. The lowest BCUT2D eigenvalue weighted by Crippen LogP contribution is -2.29. The molecule has 1 unspecified atom stereocenters. The third-order valence-corrected chi connectivity index (χ3v) is 2.65. The van der Waals surface area contributed by atoms with E-state index in [0.29, 0.717) is 12.2 Å². The second kappa shape index (κ2) is 6.85. The van der Waals surface area contributed by atoms with Gasteiger partial charge in [-0.05, 0) is 12.5 Å². The zero-order valence-corrected chi connectivity index (χ0v) is 10.1. The van der Waals surface area contributed by atoms with Gasteiger partial charge < -0.3 is 11.1 Å². The molecule has 0 bridgehead atoms. The van der Waals surface area contributed by atoms with Gasteiger partial charge in [0.25, 0.3) is 5.69 Å². The molecule has 1 aromatic carbocycles. The first kappa shape index (κ1) is 13.4. The summed E-state index contributed by atoms with van der Waals surface area (Å²) in [6.45, 7) is 2.59. The van der Waals surface area contributed by atoms with E-state index < -0.39 is 0 Å². The van der Waals surface area contributed by atoms with E-state index in [0.717, 1.165) is 19.3 Å². The van der Waals surface area contributed by atoms with Gasteiger partial charge >= 0.3 is 0 Å². The highest BCUT2D eigenvalue weighted by atomic mass is 16.6. The molecule has 0 saturated heterocycles. The highest BCUT2D eigenvalue weighted by Crippen LogP contribution is 2.24. The van der Waals surface area contributed by atoms with Crippen LogP contribution in [-0.2, 0) is 0 Å². The second-order valence-corrected chi connectivity index (χ2v) is 3.99. The molecule has 0 amide bonds. The minimum Gasteiger partial charge on any atom is -0.375 e. The average molecular weight is 237 g/mol. The number of para-hydroxylation sites is 2. The number of nitro benzene ring substituents is 1. The molecule has 5 nitrogen and oxygen atoms in total. The summed E-state index contributed by atoms with van der Waals surface area (Å²) in [6.07, 6.45) is 3.09. The maximum atomic E-state index is 10.8. The molecule has 0 fully saturated rings. The predicted molar refractivity (Wildman–Crippen MR) is 69.1 cm³/mol. The minimum absolute atomic E-state index is 0.0936. The molecule has 17 heavy (non-hydrogen) atoms. The van der Waals surface area contributed by atoms with E-state index in [9.17, 15) is 10.1 Å². The van der Waals surface area contributed by atoms with Crippen molar-refractivity contribution in [3.8, 4) is 0 Å². The fraction of sp³-hybridized carbons (Fsp3) is 0.500. The van der Waals surface area contributed by atoms with Crippen molar-refractivity contribution in [2.75, 3.05) is 11.9 Å². The molecule has 3 N–H and O–H groups in total. The quantitative estimate of drug-likeness (QED) is 0.564. The van der Waals surface area contributed by atoms with E-state index >= 15 is 0 Å². The zero-order chi connectivity index (χ0) is 12.7. The number of nitro groups is 1. The number of rotatable bonds is 7. The molecule has 0 spiro atoms. The van der Waals surface area contributed by atoms with Crippen LogP contribution in [0.4, 0.5) is 11.4 Å². The maximum absolute atomic E-state index is 10.8. The van der Waals surface area contributed by atoms with Crippen LogP contribution in [0.25, 0.3) is 0 Å². The van der Waals surface area contributed by atoms with Crippen LogP contribution in [-0.4, -0.2) is 17.5 Å². The van der Waals surface area contributed by atoms with Crippen molar-refractivity contribution in [2.45, 2.75) is 32.2 Å². The molecule has 1 aromatic rings. The van der Waals surface area contributed by atoms with Crippen LogP contribution in [0.3, 0.4) is 0 Å². The number of benzene rings is 1. The van der Waals surface area contributed by atoms with Gasteiger partial charge in [-0.2, -0.15) is 0 Å². The van der Waals surface area contributed by atoms with Gasteiger partial charge in [-0.3, -0.25) is 10.1 Å². The van der Waals surface area contributed by atoms with Gasteiger partial charge in [-0.1, -0.05) is 31.9 Å². The molecule has 0 aliphatic carbocycles. The van der Waals surface area contributed by atoms with E-state index in [4.69, 9.17) is 5.73 Å². The van der Waals surface area contributed by atoms with E-state index in [1.54, 1.807) is 18.2 Å². The molecule has 0 radical (unpaired) electrons. The Morgan fingerprint density at radius 1 is 1.47 bits per heavy atom. The predicted octanol–water partition coefficient (Wildman–Crippen LogP) is 2.52. The highest BCUT2D eigenvalue weighted by molar-refractivity contribution is 5.61. The Labute approximate surface area is 101 Å². The smallest absolute Gasteiger partial charge is 0.292 e. The van der Waals surface area contributed by atoms with Gasteiger partial charge in [0.1, 0.15) is 5.69 Å². The van der Waals surface area contributed by atoms with E-state index in [1.165, 1.54) is 6.07 Å². The number of unbranched alkanes of at least 4 members (excludes halogenated alkanes) is 1. The van der Waals surface area contributed by atoms with Crippen molar-refractivity contribution < 1.29 is 4.92 Å². The second-order valence-electron chi connectivity index (χ2n) is 3.99. The van der Waals surface area contributed by atoms with Crippen molar-refractivity contribution in [1.29, 1.82) is 0 Å². The lowest BCUT2D eigenvalue weighted by molar-refractivity contribution is -0.384. The van der Waals surface area contributed by atoms with Crippen LogP contribution >= 0.6 is 0 Å². The molecule has 0 aliphatic heterocycles. The van der Waals surface area contributed by atoms with Crippen molar-refractivity contribution in [3.63, 3.8) is 0 Å². The first-order chi connectivity index (χ1) is 8.19. The lowest BCUT2D eigenvalue weighted by Gasteiger charge is -2.17. The van der Waals surface area contributed by atoms with E-state index in [1.807, 2.05) is 0 Å². The Kier molecular flexibility index (Phi) is 5.42. The zero-order valence-electron chi connectivity index (χ0n) is 10.1. The molecule has 1 rings (SSSR count). The Balaban J connectivity index is 2.75. The third-order valence-electron chi connectivity index (χ3n) is 2.65. The summed E-state index contributed by atoms with van der Waals surface area (Å²) < 4.78 is 0. The lowest BCUT2D eigenvalue weighted by atomic mass is 10.1. The molecular formula is C12H19N3O2. The summed E-state index contributed by atoms with van der Waals surface area (Å²) in [5, 5.41) is 14.0. The maximum Gasteiger partial charge on any atom is 0.292 e. The van der Waals surface area contributed by atoms with Crippen LogP contribution in [0.2, 0.25) is 0 Å². The molecule has 94 valence electrons. The largest absolute Gasteiger partial charge is 0.375 e. The van der Waals surface area contributed by atoms with Crippen molar-refractivity contribution in [1.82, 2.24) is 0 Å². The van der Waals surface area contributed by atoms with Gasteiger partial charge in [-0.25, -0.2) is 0 Å². The van der Waals surface area contributed by atoms with Crippen LogP contribution in [0.5, 0.6) is 0 Å². The topological polar surface area (TPSA) is 81.2 Å². The van der Waals surface area contributed by atoms with Crippen LogP contribution in [0.15, 0.2) is 24.3 Å². The number of nitrogens with zero attached hydrogens (tertiary/aromatic N) is 1. The van der Waals surface area contributed by atoms with Gasteiger partial charge in [0.15, 0.2) is 0 Å². The molecular weight excluding hydrogens is 218 g/mol. The van der Waals surface area contributed by atoms with Gasteiger partial charge in [0, 0.05) is 18.7 Å². The van der Waals surface area contributed by atoms with Gasteiger partial charge in [0.2, 0.25) is 0 Å². The molecule has 0 aromatic heterocycles. The van der Waals surface area contributed by atoms with Gasteiger partial charge in [0.05, 0.1) is 4.92 Å². The number of nitrogens with two attached hydrogens (primary N) is 1. The average Bonchev–Trinajstić information content (AvgIpc) is 2.34. The van der Waals surface area contributed by atoms with Crippen LogP contribution < -0.4 is 11.1 Å². The number of hydrogen-bond donors (Lipinski definition) is 2. The number of anilines is 1. The summed E-state index contributed by atoms with van der Waals surface area (Å²) >= 11 is 0. The molecule has 0 aliphatic rings. The van der Waals surface area contributed by atoms with Gasteiger partial charge in [-0.15, -0.1) is 0 Å². The normalized spacial score (nSPS) is 12.1. The van der Waals surface area contributed by atoms with Crippen molar-refractivity contribution >= 4 is 11.4 Å². The first-order valence-electron chi connectivity index (χ1n) is 5.89. The van der Waals surface area contributed by atoms with E-state index in [2.05, 4.69) is 12.2 Å². The standard InChI is InChI=1S/C12H19N3O2/c1-2-3-6-10(9-13)14-11-7-4-5-8-12(11)15(16)17/h4-5,7-8,10,14H,2-3,6,9,13H2,1H3. The number of hydrogen-bond acceptors (Lipinski definition) is 4. The van der Waals surface area contributed by atoms with Crippen LogP contribution in [0.1, 0.15) is 26.2 Å². The van der Waals surface area contributed by atoms with E-state index in [-0.39, 0.29) is 16.7 Å². The Morgan fingerprint density at radius 3 is 2.76 bits per heavy atom. The third kappa shape index (κ3) is 4.03. The Morgan fingerprint density at radius 2 is 2.18 bits per heavy atom. The van der Waals surface area contributed by atoms with Crippen molar-refractivity contribution in [2.24, 2.45) is 5.73 Å². The number of nitrogens with one attached hydrogen (secondary N) is 1. The summed E-state index contributed by atoms with van der Waals surface area (Å²) in [5.74, 6) is 0. The molecule has 0 heterocycles. The summed E-state index contributed by atoms with van der Waals surface area (Å²) in [5.41, 5.74) is 6.30. The molecule has 5 heteroatoms. The Hall–Kier alpha value is -1.62. The highest BCUT2D eigenvalue weighted by Gasteiger charge is 2.15. The monoisotopic (exact) mass is 237 g/mol. The van der Waals surface area contributed by atoms with Crippen molar-refractivity contribution in [3.05, 3.63) is 34.4 Å². The summed E-state index contributed by atoms with van der Waals surface area (Å²) in [6, 6.07) is 6.74. The summed E-state index contributed by atoms with van der Waals surface area (Å²) in [4.78, 5) is 10.5. The minimum atomic E-state index is -0.379. The molecule has 0 saturated carbocycles. The fourth-order valence-corrected chi connectivity index (χ4v) is 1.67. The SMILES string of the molecule is CCCCC(CN)Nc1ccccc1[N+](=O)[O-]. The molecule has 1 atom stereocenters. The fourth-order valence-electron chi connectivity index (χ4n) is 1.67. The van der Waals surface area contributed by atoms with Crippen LogP contribution in [0, 0.1) is 10.1 Å². The first-order valence-corrected chi connectivity index (χ1v) is 5.89.